The first-order chi connectivity index (χ1) is 12.0. The van der Waals surface area contributed by atoms with Crippen LogP contribution in [0.5, 0.6) is 17.2 Å². The van der Waals surface area contributed by atoms with Crippen LogP contribution < -0.4 is 19.5 Å². The van der Waals surface area contributed by atoms with Gasteiger partial charge in [0.15, 0.2) is 18.1 Å². The van der Waals surface area contributed by atoms with Gasteiger partial charge in [-0.2, -0.15) is 0 Å². The van der Waals surface area contributed by atoms with E-state index in [0.717, 1.165) is 16.7 Å². The van der Waals surface area contributed by atoms with E-state index in [-0.39, 0.29) is 12.5 Å². The van der Waals surface area contributed by atoms with Crippen LogP contribution in [0.2, 0.25) is 5.02 Å². The molecule has 0 saturated heterocycles. The van der Waals surface area contributed by atoms with E-state index in [1.54, 1.807) is 6.07 Å². The Bertz CT molecular complexity index is 791. The number of nitrogens with one attached hydrogen (secondary N) is 1. The number of halogens is 1. The summed E-state index contributed by atoms with van der Waals surface area (Å²) in [6.07, 6.45) is 0. The zero-order chi connectivity index (χ0) is 17.8. The second-order valence-electron chi connectivity index (χ2n) is 5.94. The van der Waals surface area contributed by atoms with Crippen molar-refractivity contribution in [2.24, 2.45) is 0 Å². The van der Waals surface area contributed by atoms with E-state index in [0.29, 0.717) is 42.0 Å². The number of carbonyl (C=O) groups excluding carboxylic acids is 1. The van der Waals surface area contributed by atoms with Crippen molar-refractivity contribution < 1.29 is 19.0 Å². The number of hydrogen-bond acceptors (Lipinski definition) is 4. The van der Waals surface area contributed by atoms with E-state index in [1.807, 2.05) is 38.1 Å². The molecule has 0 radical (unpaired) electrons. The Hall–Kier alpha value is -2.40. The van der Waals surface area contributed by atoms with Crippen LogP contribution in [0.3, 0.4) is 0 Å². The summed E-state index contributed by atoms with van der Waals surface area (Å²) < 4.78 is 16.6. The highest BCUT2D eigenvalue weighted by atomic mass is 35.5. The lowest BCUT2D eigenvalue weighted by Gasteiger charge is -2.20. The third-order valence-corrected chi connectivity index (χ3v) is 4.12. The fraction of sp³-hybridized carbons (Fsp3) is 0.316. The molecule has 1 N–H and O–H groups in total. The quantitative estimate of drug-likeness (QED) is 0.886. The van der Waals surface area contributed by atoms with Gasteiger partial charge in [0.1, 0.15) is 19.0 Å². The number of benzene rings is 2. The van der Waals surface area contributed by atoms with E-state index in [2.05, 4.69) is 5.32 Å². The number of amides is 1. The Morgan fingerprint density at radius 3 is 2.80 bits per heavy atom. The van der Waals surface area contributed by atoms with Crippen molar-refractivity contribution in [3.05, 3.63) is 52.0 Å². The van der Waals surface area contributed by atoms with Crippen LogP contribution >= 0.6 is 11.6 Å². The fourth-order valence-electron chi connectivity index (χ4n) is 2.62. The summed E-state index contributed by atoms with van der Waals surface area (Å²) in [6.45, 7) is 5.24. The van der Waals surface area contributed by atoms with Crippen LogP contribution in [0, 0.1) is 13.8 Å². The predicted molar refractivity (Wildman–Crippen MR) is 95.7 cm³/mol. The molecular formula is C19H20ClNO4. The summed E-state index contributed by atoms with van der Waals surface area (Å²) in [5.74, 6) is 1.67. The summed E-state index contributed by atoms with van der Waals surface area (Å²) in [7, 11) is 0. The van der Waals surface area contributed by atoms with Gasteiger partial charge in [-0.15, -0.1) is 0 Å². The number of ether oxygens (including phenoxy) is 3. The number of fused-ring (bicyclic) bond motifs is 1. The maximum absolute atomic E-state index is 12.0. The van der Waals surface area contributed by atoms with Gasteiger partial charge in [-0.3, -0.25) is 4.79 Å². The molecule has 0 atom stereocenters. The van der Waals surface area contributed by atoms with E-state index < -0.39 is 0 Å². The van der Waals surface area contributed by atoms with E-state index in [9.17, 15) is 4.79 Å². The van der Waals surface area contributed by atoms with Gasteiger partial charge in [-0.1, -0.05) is 29.3 Å². The maximum Gasteiger partial charge on any atom is 0.258 e. The summed E-state index contributed by atoms with van der Waals surface area (Å²) in [5, 5.41) is 3.29. The highest BCUT2D eigenvalue weighted by Gasteiger charge is 2.17. The third kappa shape index (κ3) is 4.37. The monoisotopic (exact) mass is 361 g/mol. The molecule has 132 valence electrons. The number of aryl methyl sites for hydroxylation is 2. The van der Waals surface area contributed by atoms with Crippen molar-refractivity contribution >= 4 is 17.5 Å². The molecule has 1 aliphatic heterocycles. The lowest BCUT2D eigenvalue weighted by Crippen LogP contribution is -2.28. The molecule has 0 aliphatic carbocycles. The summed E-state index contributed by atoms with van der Waals surface area (Å²) >= 11 is 6.19. The van der Waals surface area contributed by atoms with E-state index in [4.69, 9.17) is 25.8 Å². The van der Waals surface area contributed by atoms with Gasteiger partial charge in [-0.05, 0) is 43.2 Å². The van der Waals surface area contributed by atoms with Crippen LogP contribution in [0.1, 0.15) is 16.7 Å². The zero-order valence-electron chi connectivity index (χ0n) is 14.2. The van der Waals surface area contributed by atoms with Crippen molar-refractivity contribution in [1.29, 1.82) is 0 Å². The number of hydrogen-bond donors (Lipinski definition) is 1. The summed E-state index contributed by atoms with van der Waals surface area (Å²) in [6, 6.07) is 9.44. The smallest absolute Gasteiger partial charge is 0.258 e. The Morgan fingerprint density at radius 1 is 1.20 bits per heavy atom. The lowest BCUT2D eigenvalue weighted by atomic mass is 10.1. The Kier molecular flexibility index (Phi) is 5.34. The summed E-state index contributed by atoms with van der Waals surface area (Å²) in [4.78, 5) is 12.0. The minimum atomic E-state index is -0.203. The average molecular weight is 362 g/mol. The average Bonchev–Trinajstić information content (AvgIpc) is 2.59. The second-order valence-corrected chi connectivity index (χ2v) is 6.34. The Labute approximate surface area is 151 Å². The predicted octanol–water partition coefficient (Wildman–Crippen LogP) is 3.42. The molecule has 0 spiro atoms. The SMILES string of the molecule is Cc1ccc(OCC(=O)NCc2cc(Cl)c3c(c2)OCCO3)c(C)c1. The number of rotatable bonds is 5. The fourth-order valence-corrected chi connectivity index (χ4v) is 2.91. The molecule has 0 bridgehead atoms. The topological polar surface area (TPSA) is 56.8 Å². The lowest BCUT2D eigenvalue weighted by molar-refractivity contribution is -0.123. The first-order valence-electron chi connectivity index (χ1n) is 8.07. The molecule has 6 heteroatoms. The maximum atomic E-state index is 12.0. The summed E-state index contributed by atoms with van der Waals surface area (Å²) in [5.41, 5.74) is 3.00. The largest absolute Gasteiger partial charge is 0.486 e. The van der Waals surface area contributed by atoms with Gasteiger partial charge in [0.25, 0.3) is 5.91 Å². The molecule has 25 heavy (non-hydrogen) atoms. The van der Waals surface area contributed by atoms with Crippen molar-refractivity contribution in [3.8, 4) is 17.2 Å². The van der Waals surface area contributed by atoms with Gasteiger partial charge in [-0.25, -0.2) is 0 Å². The van der Waals surface area contributed by atoms with Crippen LogP contribution in [0.15, 0.2) is 30.3 Å². The highest BCUT2D eigenvalue weighted by Crippen LogP contribution is 2.38. The van der Waals surface area contributed by atoms with Crippen molar-refractivity contribution in [1.82, 2.24) is 5.32 Å². The zero-order valence-corrected chi connectivity index (χ0v) is 15.0. The van der Waals surface area contributed by atoms with Gasteiger partial charge < -0.3 is 19.5 Å². The van der Waals surface area contributed by atoms with Crippen LogP contribution in [0.4, 0.5) is 0 Å². The van der Waals surface area contributed by atoms with Crippen LogP contribution in [-0.2, 0) is 11.3 Å². The van der Waals surface area contributed by atoms with E-state index >= 15 is 0 Å². The molecule has 1 amide bonds. The molecule has 0 aromatic heterocycles. The van der Waals surface area contributed by atoms with E-state index in [1.165, 1.54) is 0 Å². The Morgan fingerprint density at radius 2 is 2.00 bits per heavy atom. The molecule has 5 nitrogen and oxygen atoms in total. The molecule has 0 saturated carbocycles. The first kappa shape index (κ1) is 17.4. The molecule has 2 aromatic carbocycles. The molecular weight excluding hydrogens is 342 g/mol. The first-order valence-corrected chi connectivity index (χ1v) is 8.45. The van der Waals surface area contributed by atoms with Crippen molar-refractivity contribution in [3.63, 3.8) is 0 Å². The highest BCUT2D eigenvalue weighted by molar-refractivity contribution is 6.32. The Balaban J connectivity index is 1.54. The van der Waals surface area contributed by atoms with Crippen molar-refractivity contribution in [2.45, 2.75) is 20.4 Å². The molecule has 2 aromatic rings. The number of carbonyl (C=O) groups is 1. The van der Waals surface area contributed by atoms with Gasteiger partial charge in [0.2, 0.25) is 0 Å². The molecule has 1 heterocycles. The van der Waals surface area contributed by atoms with Gasteiger partial charge >= 0.3 is 0 Å². The second kappa shape index (κ2) is 7.66. The van der Waals surface area contributed by atoms with Crippen molar-refractivity contribution in [2.75, 3.05) is 19.8 Å². The molecule has 0 fully saturated rings. The van der Waals surface area contributed by atoms with Gasteiger partial charge in [0.05, 0.1) is 5.02 Å². The molecule has 3 rings (SSSR count). The normalized spacial score (nSPS) is 12.6. The van der Waals surface area contributed by atoms with Crippen LogP contribution in [-0.4, -0.2) is 25.7 Å². The van der Waals surface area contributed by atoms with Gasteiger partial charge in [0, 0.05) is 6.54 Å². The minimum Gasteiger partial charge on any atom is -0.486 e. The molecule has 0 unspecified atom stereocenters. The molecule has 1 aliphatic rings. The standard InChI is InChI=1S/C19H20ClNO4/c1-12-3-4-16(13(2)7-12)25-11-18(22)21-10-14-8-15(20)19-17(9-14)23-5-6-24-19/h3-4,7-9H,5-6,10-11H2,1-2H3,(H,21,22). The minimum absolute atomic E-state index is 0.0395. The third-order valence-electron chi connectivity index (χ3n) is 3.84. The van der Waals surface area contributed by atoms with Crippen LogP contribution in [0.25, 0.3) is 0 Å².